The van der Waals surface area contributed by atoms with Gasteiger partial charge in [0.2, 0.25) is 5.91 Å². The maximum atomic E-state index is 13.9. The van der Waals surface area contributed by atoms with Crippen LogP contribution >= 0.6 is 0 Å². The Balaban J connectivity index is 1.92. The number of allylic oxidation sites excluding steroid dienone is 1. The molecule has 1 atom stereocenters. The molecular formula is C22H25F2N3O5. The highest BCUT2D eigenvalue weighted by Gasteiger charge is 2.43. The van der Waals surface area contributed by atoms with E-state index in [2.05, 4.69) is 5.32 Å². The molecule has 2 amide bonds. The third kappa shape index (κ3) is 4.50. The average Bonchev–Trinajstić information content (AvgIpc) is 2.76. The number of nitrogens with one attached hydrogen (secondary N) is 1. The molecule has 1 aromatic carbocycles. The molecule has 2 heterocycles. The highest BCUT2D eigenvalue weighted by molar-refractivity contribution is 5.99. The van der Waals surface area contributed by atoms with E-state index in [4.69, 9.17) is 4.74 Å². The summed E-state index contributed by atoms with van der Waals surface area (Å²) in [6.07, 6.45) is 0.188. The minimum atomic E-state index is -0.784. The Hall–Kier alpha value is -3.27. The van der Waals surface area contributed by atoms with E-state index in [1.807, 2.05) is 13.8 Å². The van der Waals surface area contributed by atoms with E-state index in [1.54, 1.807) is 0 Å². The van der Waals surface area contributed by atoms with Crippen molar-refractivity contribution in [3.63, 3.8) is 0 Å². The van der Waals surface area contributed by atoms with Crippen molar-refractivity contribution >= 4 is 18.1 Å². The number of aldehydes is 1. The van der Waals surface area contributed by atoms with E-state index in [0.29, 0.717) is 5.70 Å². The number of ether oxygens (including phenoxy) is 1. The molecule has 0 bridgehead atoms. The molecule has 10 heteroatoms. The van der Waals surface area contributed by atoms with Crippen molar-refractivity contribution in [3.05, 3.63) is 58.1 Å². The predicted octanol–water partition coefficient (Wildman–Crippen LogP) is 1.77. The fraction of sp³-hybridized carbons (Fsp3) is 0.409. The third-order valence-electron chi connectivity index (χ3n) is 5.52. The number of hydrogen-bond donors (Lipinski definition) is 2. The maximum absolute atomic E-state index is 13.9. The number of carbonyl (C=O) groups excluding carboxylic acids is 3. The zero-order chi connectivity index (χ0) is 23.6. The molecule has 3 rings (SSSR count). The SMILES string of the molecule is C/C(C(=O)NCc1ccc(F)cc1F)=C1/COCC2CN(C(C)C)C(=O)/C(=C(\O)C=O)N12. The second kappa shape index (κ2) is 9.47. The Morgan fingerprint density at radius 2 is 2.09 bits per heavy atom. The molecule has 0 saturated carbocycles. The minimum absolute atomic E-state index is 0.0226. The summed E-state index contributed by atoms with van der Waals surface area (Å²) in [6, 6.07) is 2.47. The number of carbonyl (C=O) groups is 3. The van der Waals surface area contributed by atoms with Crippen molar-refractivity contribution in [1.29, 1.82) is 0 Å². The Bertz CT molecular complexity index is 1010. The van der Waals surface area contributed by atoms with Crippen LogP contribution < -0.4 is 5.32 Å². The molecule has 2 aliphatic rings. The van der Waals surface area contributed by atoms with E-state index < -0.39 is 35.2 Å². The molecule has 0 aliphatic carbocycles. The zero-order valence-electron chi connectivity index (χ0n) is 18.0. The smallest absolute Gasteiger partial charge is 0.274 e. The van der Waals surface area contributed by atoms with Gasteiger partial charge in [-0.25, -0.2) is 8.78 Å². The molecule has 172 valence electrons. The van der Waals surface area contributed by atoms with Crippen LogP contribution in [0.25, 0.3) is 0 Å². The quantitative estimate of drug-likeness (QED) is 0.404. The summed E-state index contributed by atoms with van der Waals surface area (Å²) in [4.78, 5) is 40.1. The molecule has 2 saturated heterocycles. The van der Waals surface area contributed by atoms with E-state index >= 15 is 0 Å². The first-order chi connectivity index (χ1) is 15.1. The van der Waals surface area contributed by atoms with Crippen LogP contribution in [0.3, 0.4) is 0 Å². The number of morpholine rings is 1. The van der Waals surface area contributed by atoms with Gasteiger partial charge in [-0.05, 0) is 26.8 Å². The van der Waals surface area contributed by atoms with Crippen LogP contribution in [0, 0.1) is 11.6 Å². The second-order valence-corrected chi connectivity index (χ2v) is 7.93. The lowest BCUT2D eigenvalue weighted by molar-refractivity contribution is -0.138. The summed E-state index contributed by atoms with van der Waals surface area (Å²) < 4.78 is 32.6. The van der Waals surface area contributed by atoms with Crippen LogP contribution in [0.15, 0.2) is 40.9 Å². The minimum Gasteiger partial charge on any atom is -0.503 e. The summed E-state index contributed by atoms with van der Waals surface area (Å²) in [5.41, 5.74) is 0.396. The molecule has 8 nitrogen and oxygen atoms in total. The van der Waals surface area contributed by atoms with Crippen LogP contribution in [0.1, 0.15) is 26.3 Å². The van der Waals surface area contributed by atoms with Gasteiger partial charge >= 0.3 is 0 Å². The zero-order valence-corrected chi connectivity index (χ0v) is 18.0. The topological polar surface area (TPSA) is 99.2 Å². The van der Waals surface area contributed by atoms with Crippen molar-refractivity contribution in [2.75, 3.05) is 19.8 Å². The monoisotopic (exact) mass is 449 g/mol. The Morgan fingerprint density at radius 3 is 2.72 bits per heavy atom. The number of hydrogen-bond acceptors (Lipinski definition) is 6. The van der Waals surface area contributed by atoms with Gasteiger partial charge in [0.1, 0.15) is 11.6 Å². The van der Waals surface area contributed by atoms with Gasteiger partial charge in [-0.2, -0.15) is 0 Å². The van der Waals surface area contributed by atoms with Crippen LogP contribution in [0.4, 0.5) is 8.78 Å². The van der Waals surface area contributed by atoms with Gasteiger partial charge in [-0.15, -0.1) is 0 Å². The lowest BCUT2D eigenvalue weighted by Gasteiger charge is -2.48. The molecule has 32 heavy (non-hydrogen) atoms. The molecular weight excluding hydrogens is 424 g/mol. The molecule has 2 fully saturated rings. The van der Waals surface area contributed by atoms with Crippen molar-refractivity contribution in [3.8, 4) is 0 Å². The van der Waals surface area contributed by atoms with E-state index in [0.717, 1.165) is 12.1 Å². The largest absolute Gasteiger partial charge is 0.503 e. The summed E-state index contributed by atoms with van der Waals surface area (Å²) in [5.74, 6) is -3.32. The summed E-state index contributed by atoms with van der Waals surface area (Å²) in [7, 11) is 0. The summed E-state index contributed by atoms with van der Waals surface area (Å²) in [5, 5.41) is 12.8. The highest BCUT2D eigenvalue weighted by Crippen LogP contribution is 2.32. The van der Waals surface area contributed by atoms with Crippen LogP contribution in [-0.2, 0) is 25.7 Å². The van der Waals surface area contributed by atoms with E-state index in [-0.39, 0.29) is 55.5 Å². The maximum Gasteiger partial charge on any atom is 0.274 e. The van der Waals surface area contributed by atoms with Gasteiger partial charge < -0.3 is 25.0 Å². The van der Waals surface area contributed by atoms with Gasteiger partial charge in [0.25, 0.3) is 5.91 Å². The molecule has 0 radical (unpaired) electrons. The van der Waals surface area contributed by atoms with Gasteiger partial charge in [0.15, 0.2) is 17.7 Å². The number of amides is 2. The first kappa shape index (κ1) is 23.4. The molecule has 0 aromatic heterocycles. The molecule has 1 aromatic rings. The lowest BCUT2D eigenvalue weighted by Crippen LogP contribution is -2.60. The van der Waals surface area contributed by atoms with Crippen LogP contribution in [-0.4, -0.2) is 64.8 Å². The lowest BCUT2D eigenvalue weighted by atomic mass is 10.0. The van der Waals surface area contributed by atoms with Crippen molar-refractivity contribution < 1.29 is 33.0 Å². The van der Waals surface area contributed by atoms with Crippen LogP contribution in [0.5, 0.6) is 0 Å². The Kier molecular flexibility index (Phi) is 6.93. The number of benzene rings is 1. The Morgan fingerprint density at radius 1 is 1.38 bits per heavy atom. The number of rotatable bonds is 5. The number of fused-ring (bicyclic) bond motifs is 1. The summed E-state index contributed by atoms with van der Waals surface area (Å²) in [6.45, 7) is 5.45. The molecule has 1 unspecified atom stereocenters. The van der Waals surface area contributed by atoms with Crippen molar-refractivity contribution in [2.45, 2.75) is 39.4 Å². The molecule has 2 aliphatic heterocycles. The fourth-order valence-corrected chi connectivity index (χ4v) is 3.78. The average molecular weight is 449 g/mol. The predicted molar refractivity (Wildman–Crippen MR) is 110 cm³/mol. The first-order valence-corrected chi connectivity index (χ1v) is 10.1. The Labute approximate surface area is 184 Å². The van der Waals surface area contributed by atoms with Crippen LogP contribution in [0.2, 0.25) is 0 Å². The van der Waals surface area contributed by atoms with Gasteiger partial charge in [-0.1, -0.05) is 6.07 Å². The number of piperazine rings is 1. The molecule has 0 spiro atoms. The van der Waals surface area contributed by atoms with Crippen molar-refractivity contribution in [2.24, 2.45) is 0 Å². The second-order valence-electron chi connectivity index (χ2n) is 7.93. The number of halogens is 2. The van der Waals surface area contributed by atoms with Gasteiger partial charge in [0.05, 0.1) is 25.0 Å². The number of nitrogens with zero attached hydrogens (tertiary/aromatic N) is 2. The van der Waals surface area contributed by atoms with E-state index in [1.165, 1.54) is 22.8 Å². The summed E-state index contributed by atoms with van der Waals surface area (Å²) >= 11 is 0. The van der Waals surface area contributed by atoms with Crippen molar-refractivity contribution in [1.82, 2.24) is 15.1 Å². The first-order valence-electron chi connectivity index (χ1n) is 10.1. The van der Waals surface area contributed by atoms with Gasteiger partial charge in [-0.3, -0.25) is 14.4 Å². The highest BCUT2D eigenvalue weighted by atomic mass is 19.1. The molecule has 2 N–H and O–H groups in total. The van der Waals surface area contributed by atoms with E-state index in [9.17, 15) is 28.3 Å². The normalized spacial score (nSPS) is 21.9. The fourth-order valence-electron chi connectivity index (χ4n) is 3.78. The third-order valence-corrected chi connectivity index (χ3v) is 5.52. The van der Waals surface area contributed by atoms with Gasteiger partial charge in [0, 0.05) is 36.3 Å². The standard InChI is InChI=1S/C22H25F2N3O5/c1-12(2)26-8-16-10-32-11-18(27(16)20(22(26)31)19(29)9-28)13(3)21(30)25-7-14-4-5-15(23)6-17(14)24/h4-6,9,12,16,29H,7-8,10-11H2,1-3H3,(H,25,30)/b18-13+,20-19+. The number of aliphatic hydroxyl groups is 1. The number of aliphatic hydroxyl groups excluding tert-OH is 1.